The third kappa shape index (κ3) is 3.72. The Balaban J connectivity index is 2.25. The van der Waals surface area contributed by atoms with Crippen LogP contribution in [0, 0.1) is 0 Å². The minimum atomic E-state index is -0.411. The molecule has 0 bridgehead atoms. The third-order valence-electron chi connectivity index (χ3n) is 3.05. The van der Waals surface area contributed by atoms with E-state index >= 15 is 0 Å². The molecule has 0 atom stereocenters. The van der Waals surface area contributed by atoms with Crippen molar-refractivity contribution in [3.63, 3.8) is 0 Å². The summed E-state index contributed by atoms with van der Waals surface area (Å²) in [5.74, 6) is 0.314. The molecule has 0 aliphatic rings. The normalized spacial score (nSPS) is 10.4. The van der Waals surface area contributed by atoms with E-state index in [0.717, 1.165) is 18.9 Å². The van der Waals surface area contributed by atoms with Crippen molar-refractivity contribution < 1.29 is 9.53 Å². The zero-order valence-electron chi connectivity index (χ0n) is 12.2. The number of pyridine rings is 1. The molecule has 0 radical (unpaired) electrons. The van der Waals surface area contributed by atoms with Crippen molar-refractivity contribution in [3.05, 3.63) is 40.2 Å². The number of thiophene rings is 1. The van der Waals surface area contributed by atoms with Gasteiger partial charge < -0.3 is 15.4 Å². The topological polar surface area (TPSA) is 68.5 Å². The molecule has 5 nitrogen and oxygen atoms in total. The first-order valence-electron chi connectivity index (χ1n) is 6.85. The van der Waals surface area contributed by atoms with Gasteiger partial charge in [-0.15, -0.1) is 11.3 Å². The van der Waals surface area contributed by atoms with Crippen LogP contribution in [0.15, 0.2) is 29.8 Å². The van der Waals surface area contributed by atoms with E-state index < -0.39 is 5.97 Å². The molecule has 6 heteroatoms. The summed E-state index contributed by atoms with van der Waals surface area (Å²) in [7, 11) is 0. The highest BCUT2D eigenvalue weighted by atomic mass is 32.1. The Kier molecular flexibility index (Phi) is 5.16. The Bertz CT molecular complexity index is 599. The van der Waals surface area contributed by atoms with Gasteiger partial charge >= 0.3 is 5.97 Å². The van der Waals surface area contributed by atoms with Crippen LogP contribution < -0.4 is 10.6 Å². The Morgan fingerprint density at radius 1 is 1.48 bits per heavy atom. The van der Waals surface area contributed by atoms with Gasteiger partial charge in [0.05, 0.1) is 30.6 Å². The van der Waals surface area contributed by atoms with E-state index in [1.165, 1.54) is 11.1 Å². The van der Waals surface area contributed by atoms with Crippen molar-refractivity contribution in [2.24, 2.45) is 0 Å². The summed E-state index contributed by atoms with van der Waals surface area (Å²) in [6, 6.07) is 5.80. The molecule has 2 aromatic heterocycles. The van der Waals surface area contributed by atoms with Gasteiger partial charge in [-0.3, -0.25) is 0 Å². The van der Waals surface area contributed by atoms with Gasteiger partial charge in [-0.05, 0) is 31.4 Å². The van der Waals surface area contributed by atoms with Gasteiger partial charge in [0.1, 0.15) is 5.82 Å². The molecule has 0 amide bonds. The molecule has 0 aromatic carbocycles. The lowest BCUT2D eigenvalue weighted by molar-refractivity contribution is 0.0527. The van der Waals surface area contributed by atoms with Gasteiger partial charge in [0, 0.05) is 11.4 Å². The second kappa shape index (κ2) is 7.08. The SMILES string of the molecule is CCOC(=O)c1cc(N(CC)Cc2cccs2)ncc1N. The molecule has 2 rings (SSSR count). The van der Waals surface area contributed by atoms with E-state index in [4.69, 9.17) is 10.5 Å². The van der Waals surface area contributed by atoms with Gasteiger partial charge in [0.15, 0.2) is 0 Å². The van der Waals surface area contributed by atoms with Crippen LogP contribution in [0.5, 0.6) is 0 Å². The molecular weight excluding hydrogens is 286 g/mol. The third-order valence-corrected chi connectivity index (χ3v) is 3.91. The maximum absolute atomic E-state index is 11.9. The highest BCUT2D eigenvalue weighted by Gasteiger charge is 2.15. The molecule has 0 unspecified atom stereocenters. The number of nitrogens with two attached hydrogens (primary N) is 1. The van der Waals surface area contributed by atoms with Crippen molar-refractivity contribution in [2.45, 2.75) is 20.4 Å². The molecule has 2 heterocycles. The maximum Gasteiger partial charge on any atom is 0.340 e. The van der Waals surface area contributed by atoms with Crippen LogP contribution in [0.2, 0.25) is 0 Å². The molecule has 0 saturated carbocycles. The van der Waals surface area contributed by atoms with Gasteiger partial charge in [-0.1, -0.05) is 6.07 Å². The standard InChI is InChI=1S/C15H19N3O2S/c1-3-18(10-11-6-5-7-21-11)14-8-12(13(16)9-17-14)15(19)20-4-2/h5-9H,3-4,10,16H2,1-2H3. The summed E-state index contributed by atoms with van der Waals surface area (Å²) < 4.78 is 5.02. The Morgan fingerprint density at radius 2 is 2.29 bits per heavy atom. The average Bonchev–Trinajstić information content (AvgIpc) is 2.98. The fourth-order valence-corrected chi connectivity index (χ4v) is 2.68. The Morgan fingerprint density at radius 3 is 2.90 bits per heavy atom. The number of aromatic nitrogens is 1. The fraction of sp³-hybridized carbons (Fsp3) is 0.333. The number of nitrogens with zero attached hydrogens (tertiary/aromatic N) is 2. The summed E-state index contributed by atoms with van der Waals surface area (Å²) in [6.07, 6.45) is 1.51. The van der Waals surface area contributed by atoms with E-state index in [1.807, 2.05) is 11.4 Å². The number of carbonyl (C=O) groups is 1. The second-order valence-electron chi connectivity index (χ2n) is 4.44. The van der Waals surface area contributed by atoms with Crippen LogP contribution in [0.25, 0.3) is 0 Å². The lowest BCUT2D eigenvalue weighted by atomic mass is 10.2. The molecule has 112 valence electrons. The number of hydrogen-bond acceptors (Lipinski definition) is 6. The maximum atomic E-state index is 11.9. The molecule has 0 spiro atoms. The number of ether oxygens (including phenoxy) is 1. The lowest BCUT2D eigenvalue weighted by Gasteiger charge is -2.22. The smallest absolute Gasteiger partial charge is 0.340 e. The molecule has 2 N–H and O–H groups in total. The van der Waals surface area contributed by atoms with Crippen LogP contribution in [0.1, 0.15) is 29.1 Å². The number of hydrogen-bond donors (Lipinski definition) is 1. The molecule has 0 fully saturated rings. The minimum absolute atomic E-state index is 0.322. The summed E-state index contributed by atoms with van der Waals surface area (Å²) >= 11 is 1.70. The molecular formula is C15H19N3O2S. The molecule has 21 heavy (non-hydrogen) atoms. The summed E-state index contributed by atoms with van der Waals surface area (Å²) in [5.41, 5.74) is 6.52. The van der Waals surface area contributed by atoms with Crippen LogP contribution in [-0.4, -0.2) is 24.1 Å². The van der Waals surface area contributed by atoms with E-state index in [0.29, 0.717) is 17.9 Å². The second-order valence-corrected chi connectivity index (χ2v) is 5.48. The largest absolute Gasteiger partial charge is 0.462 e. The molecule has 2 aromatic rings. The average molecular weight is 305 g/mol. The highest BCUT2D eigenvalue weighted by Crippen LogP contribution is 2.22. The Hall–Kier alpha value is -2.08. The van der Waals surface area contributed by atoms with Crippen molar-refractivity contribution in [2.75, 3.05) is 23.8 Å². The van der Waals surface area contributed by atoms with E-state index in [9.17, 15) is 4.79 Å². The van der Waals surface area contributed by atoms with Crippen molar-refractivity contribution in [1.29, 1.82) is 0 Å². The Labute approximate surface area is 128 Å². The summed E-state index contributed by atoms with van der Waals surface area (Å²) in [5, 5.41) is 2.05. The quantitative estimate of drug-likeness (QED) is 0.831. The first-order chi connectivity index (χ1) is 10.2. The summed E-state index contributed by atoms with van der Waals surface area (Å²) in [6.45, 7) is 5.69. The number of carbonyl (C=O) groups excluding carboxylic acids is 1. The first-order valence-corrected chi connectivity index (χ1v) is 7.73. The van der Waals surface area contributed by atoms with E-state index in [1.54, 1.807) is 24.3 Å². The van der Waals surface area contributed by atoms with Crippen LogP contribution in [-0.2, 0) is 11.3 Å². The highest BCUT2D eigenvalue weighted by molar-refractivity contribution is 7.09. The zero-order valence-corrected chi connectivity index (χ0v) is 13.0. The van der Waals surface area contributed by atoms with Gasteiger partial charge in [0.2, 0.25) is 0 Å². The van der Waals surface area contributed by atoms with Crippen LogP contribution >= 0.6 is 11.3 Å². The van der Waals surface area contributed by atoms with Gasteiger partial charge in [-0.2, -0.15) is 0 Å². The summed E-state index contributed by atoms with van der Waals surface area (Å²) in [4.78, 5) is 19.6. The minimum Gasteiger partial charge on any atom is -0.462 e. The van der Waals surface area contributed by atoms with Crippen molar-refractivity contribution >= 4 is 28.8 Å². The van der Waals surface area contributed by atoms with Crippen LogP contribution in [0.3, 0.4) is 0 Å². The molecule has 0 aliphatic heterocycles. The number of nitrogen functional groups attached to an aromatic ring is 1. The van der Waals surface area contributed by atoms with Crippen molar-refractivity contribution in [1.82, 2.24) is 4.98 Å². The van der Waals surface area contributed by atoms with E-state index in [2.05, 4.69) is 22.9 Å². The van der Waals surface area contributed by atoms with E-state index in [-0.39, 0.29) is 0 Å². The number of rotatable bonds is 6. The predicted octanol–water partition coefficient (Wildman–Crippen LogP) is 2.93. The van der Waals surface area contributed by atoms with Crippen LogP contribution in [0.4, 0.5) is 11.5 Å². The lowest BCUT2D eigenvalue weighted by Crippen LogP contribution is -2.23. The van der Waals surface area contributed by atoms with Gasteiger partial charge in [-0.25, -0.2) is 9.78 Å². The molecule has 0 aliphatic carbocycles. The first kappa shape index (κ1) is 15.3. The number of esters is 1. The fourth-order valence-electron chi connectivity index (χ4n) is 1.96. The number of anilines is 2. The van der Waals surface area contributed by atoms with Crippen molar-refractivity contribution in [3.8, 4) is 0 Å². The monoisotopic (exact) mass is 305 g/mol. The predicted molar refractivity (Wildman–Crippen MR) is 85.6 cm³/mol. The molecule has 0 saturated heterocycles. The van der Waals surface area contributed by atoms with Gasteiger partial charge in [0.25, 0.3) is 0 Å². The zero-order chi connectivity index (χ0) is 15.2.